The van der Waals surface area contributed by atoms with Crippen molar-refractivity contribution in [2.24, 2.45) is 0 Å². The number of hydrogen-bond donors (Lipinski definition) is 0. The highest BCUT2D eigenvalue weighted by Crippen LogP contribution is 2.36. The number of esters is 1. The minimum atomic E-state index is -3.50. The van der Waals surface area contributed by atoms with Gasteiger partial charge in [0.15, 0.2) is 0 Å². The van der Waals surface area contributed by atoms with Crippen LogP contribution in [0.1, 0.15) is 25.3 Å². The average molecular weight is 327 g/mol. The zero-order chi connectivity index (χ0) is 16.3. The van der Waals surface area contributed by atoms with Crippen LogP contribution >= 0.6 is 0 Å². The fourth-order valence-corrected chi connectivity index (χ4v) is 3.99. The van der Waals surface area contributed by atoms with Crippen LogP contribution in [-0.2, 0) is 19.6 Å². The summed E-state index contributed by atoms with van der Waals surface area (Å²) in [6.45, 7) is 4.01. The Kier molecular flexibility index (Phi) is 4.95. The topological polar surface area (TPSA) is 72.9 Å². The van der Waals surface area contributed by atoms with Crippen molar-refractivity contribution in [1.82, 2.24) is 0 Å². The van der Waals surface area contributed by atoms with E-state index in [1.54, 1.807) is 12.1 Å². The molecule has 0 radical (unpaired) electrons. The van der Waals surface area contributed by atoms with Crippen LogP contribution in [0.15, 0.2) is 18.2 Å². The molecule has 0 N–H and O–H groups in total. The number of benzene rings is 1. The Bertz CT molecular complexity index is 656. The zero-order valence-electron chi connectivity index (χ0n) is 13.0. The summed E-state index contributed by atoms with van der Waals surface area (Å²) in [5, 5.41) is 0. The van der Waals surface area contributed by atoms with Crippen LogP contribution < -0.4 is 9.04 Å². The zero-order valence-corrected chi connectivity index (χ0v) is 13.9. The Morgan fingerprint density at radius 2 is 2.18 bits per heavy atom. The van der Waals surface area contributed by atoms with Crippen LogP contribution in [0.25, 0.3) is 0 Å². The van der Waals surface area contributed by atoms with Gasteiger partial charge in [-0.1, -0.05) is 6.07 Å². The molecule has 0 saturated carbocycles. The smallest absolute Gasteiger partial charge is 0.305 e. The Morgan fingerprint density at radius 1 is 1.45 bits per heavy atom. The van der Waals surface area contributed by atoms with E-state index in [-0.39, 0.29) is 31.2 Å². The second-order valence-corrected chi connectivity index (χ2v) is 7.44. The average Bonchev–Trinajstić information content (AvgIpc) is 2.46. The fourth-order valence-electron chi connectivity index (χ4n) is 2.38. The summed E-state index contributed by atoms with van der Waals surface area (Å²) >= 11 is 0. The third-order valence-corrected chi connectivity index (χ3v) is 5.30. The van der Waals surface area contributed by atoms with E-state index in [0.717, 1.165) is 5.56 Å². The lowest BCUT2D eigenvalue weighted by Crippen LogP contribution is -2.43. The van der Waals surface area contributed by atoms with Crippen LogP contribution in [0, 0.1) is 6.92 Å². The Morgan fingerprint density at radius 3 is 2.86 bits per heavy atom. The van der Waals surface area contributed by atoms with Crippen molar-refractivity contribution < 1.29 is 22.7 Å². The molecule has 22 heavy (non-hydrogen) atoms. The summed E-state index contributed by atoms with van der Waals surface area (Å²) in [7, 11) is -2.21. The highest BCUT2D eigenvalue weighted by Gasteiger charge is 2.31. The molecule has 0 saturated heterocycles. The van der Waals surface area contributed by atoms with E-state index >= 15 is 0 Å². The molecule has 0 amide bonds. The molecule has 7 heteroatoms. The summed E-state index contributed by atoms with van der Waals surface area (Å²) in [6, 6.07) is 5.48. The maximum atomic E-state index is 12.6. The summed E-state index contributed by atoms with van der Waals surface area (Å²) in [6.07, 6.45) is 0.114. The largest absolute Gasteiger partial charge is 0.487 e. The number of ether oxygens (including phenoxy) is 2. The number of carbonyl (C=O) groups excluding carboxylic acids is 1. The standard InChI is InChI=1S/C15H21NO5S/c1-11-6-7-14-13(9-11)16(10-12(2)21-14)22(18,19)8-4-5-15(17)20-3/h6-7,9,12H,4-5,8,10H2,1-3H3. The summed E-state index contributed by atoms with van der Waals surface area (Å²) in [5.74, 6) is 0.0741. The molecule has 1 heterocycles. The molecule has 1 aliphatic rings. The third kappa shape index (κ3) is 3.71. The Labute approximate surface area is 131 Å². The molecule has 0 aromatic heterocycles. The molecular weight excluding hydrogens is 306 g/mol. The lowest BCUT2D eigenvalue weighted by Gasteiger charge is -2.34. The summed E-state index contributed by atoms with van der Waals surface area (Å²) < 4.78 is 36.8. The van der Waals surface area contributed by atoms with E-state index < -0.39 is 16.0 Å². The highest BCUT2D eigenvalue weighted by atomic mass is 32.2. The van der Waals surface area contributed by atoms with E-state index in [1.807, 2.05) is 19.9 Å². The Balaban J connectivity index is 2.20. The molecule has 1 atom stereocenters. The first-order valence-electron chi connectivity index (χ1n) is 7.18. The van der Waals surface area contributed by atoms with E-state index in [4.69, 9.17) is 4.74 Å². The number of carbonyl (C=O) groups is 1. The number of anilines is 1. The van der Waals surface area contributed by atoms with Gasteiger partial charge in [0, 0.05) is 6.42 Å². The van der Waals surface area contributed by atoms with Crippen molar-refractivity contribution in [1.29, 1.82) is 0 Å². The van der Waals surface area contributed by atoms with E-state index in [0.29, 0.717) is 11.4 Å². The van der Waals surface area contributed by atoms with Crippen LogP contribution in [0.2, 0.25) is 0 Å². The molecular formula is C15H21NO5S. The lowest BCUT2D eigenvalue weighted by molar-refractivity contribution is -0.140. The second kappa shape index (κ2) is 6.56. The van der Waals surface area contributed by atoms with Crippen LogP contribution in [0.5, 0.6) is 5.75 Å². The number of aryl methyl sites for hydroxylation is 1. The van der Waals surface area contributed by atoms with Gasteiger partial charge in [-0.15, -0.1) is 0 Å². The van der Waals surface area contributed by atoms with Gasteiger partial charge in [0.05, 0.1) is 25.1 Å². The van der Waals surface area contributed by atoms with Gasteiger partial charge in [-0.25, -0.2) is 8.42 Å². The molecule has 6 nitrogen and oxygen atoms in total. The predicted octanol–water partition coefficient (Wildman–Crippen LogP) is 1.87. The van der Waals surface area contributed by atoms with Gasteiger partial charge >= 0.3 is 5.97 Å². The van der Waals surface area contributed by atoms with Gasteiger partial charge < -0.3 is 9.47 Å². The van der Waals surface area contributed by atoms with Crippen molar-refractivity contribution in [3.05, 3.63) is 23.8 Å². The number of fused-ring (bicyclic) bond motifs is 1. The minimum absolute atomic E-state index is 0.0935. The molecule has 1 aliphatic heterocycles. The fraction of sp³-hybridized carbons (Fsp3) is 0.533. The van der Waals surface area contributed by atoms with Gasteiger partial charge in [-0.05, 0) is 38.0 Å². The van der Waals surface area contributed by atoms with E-state index in [2.05, 4.69) is 4.74 Å². The summed E-state index contributed by atoms with van der Waals surface area (Å²) in [5.41, 5.74) is 1.53. The molecule has 0 fully saturated rings. The summed E-state index contributed by atoms with van der Waals surface area (Å²) in [4.78, 5) is 11.1. The number of methoxy groups -OCH3 is 1. The molecule has 2 rings (SSSR count). The monoisotopic (exact) mass is 327 g/mol. The van der Waals surface area contributed by atoms with Gasteiger partial charge in [0.2, 0.25) is 10.0 Å². The number of hydrogen-bond acceptors (Lipinski definition) is 5. The normalized spacial score (nSPS) is 17.6. The van der Waals surface area contributed by atoms with Crippen molar-refractivity contribution >= 4 is 21.7 Å². The van der Waals surface area contributed by atoms with Crippen LogP contribution in [-0.4, -0.2) is 39.9 Å². The first kappa shape index (κ1) is 16.6. The lowest BCUT2D eigenvalue weighted by atomic mass is 10.2. The molecule has 0 aliphatic carbocycles. The molecule has 1 aromatic carbocycles. The van der Waals surface area contributed by atoms with E-state index in [1.165, 1.54) is 11.4 Å². The quantitative estimate of drug-likeness (QED) is 0.772. The maximum Gasteiger partial charge on any atom is 0.305 e. The molecule has 122 valence electrons. The van der Waals surface area contributed by atoms with Crippen molar-refractivity contribution in [2.45, 2.75) is 32.8 Å². The Hall–Kier alpha value is -1.76. The minimum Gasteiger partial charge on any atom is -0.487 e. The van der Waals surface area contributed by atoms with Gasteiger partial charge in [0.1, 0.15) is 11.9 Å². The van der Waals surface area contributed by atoms with Gasteiger partial charge in [-0.2, -0.15) is 0 Å². The number of rotatable bonds is 5. The highest BCUT2D eigenvalue weighted by molar-refractivity contribution is 7.92. The third-order valence-electron chi connectivity index (χ3n) is 3.48. The van der Waals surface area contributed by atoms with Gasteiger partial charge in [-0.3, -0.25) is 9.10 Å². The first-order valence-corrected chi connectivity index (χ1v) is 8.79. The van der Waals surface area contributed by atoms with Crippen molar-refractivity contribution in [2.75, 3.05) is 23.7 Å². The SMILES string of the molecule is COC(=O)CCCS(=O)(=O)N1CC(C)Oc2ccc(C)cc21. The van der Waals surface area contributed by atoms with Gasteiger partial charge in [0.25, 0.3) is 0 Å². The first-order chi connectivity index (χ1) is 10.3. The maximum absolute atomic E-state index is 12.6. The molecule has 0 bridgehead atoms. The molecule has 1 aromatic rings. The van der Waals surface area contributed by atoms with Crippen LogP contribution in [0.3, 0.4) is 0 Å². The van der Waals surface area contributed by atoms with Crippen molar-refractivity contribution in [3.63, 3.8) is 0 Å². The predicted molar refractivity (Wildman–Crippen MR) is 83.7 cm³/mol. The van der Waals surface area contributed by atoms with E-state index in [9.17, 15) is 13.2 Å². The number of sulfonamides is 1. The number of nitrogens with zero attached hydrogens (tertiary/aromatic N) is 1. The second-order valence-electron chi connectivity index (χ2n) is 5.43. The molecule has 1 unspecified atom stereocenters. The van der Waals surface area contributed by atoms with Crippen molar-refractivity contribution in [3.8, 4) is 5.75 Å². The molecule has 0 spiro atoms. The van der Waals surface area contributed by atoms with Crippen LogP contribution in [0.4, 0.5) is 5.69 Å².